The summed E-state index contributed by atoms with van der Waals surface area (Å²) in [5, 5.41) is 4.10. The summed E-state index contributed by atoms with van der Waals surface area (Å²) in [4.78, 5) is 0.317. The largest absolute Gasteiger partial charge is 0.364 e. The summed E-state index contributed by atoms with van der Waals surface area (Å²) in [5.74, 6) is 0. The summed E-state index contributed by atoms with van der Waals surface area (Å²) in [6.45, 7) is 2.47. The highest BCUT2D eigenvalue weighted by Gasteiger charge is 2.38. The van der Waals surface area contributed by atoms with Crippen molar-refractivity contribution in [2.75, 3.05) is 11.9 Å². The number of nitrogens with one attached hydrogen (secondary N) is 1. The van der Waals surface area contributed by atoms with Gasteiger partial charge in [0.05, 0.1) is 5.69 Å². The number of hydrogen-bond donors (Lipinski definition) is 1. The number of benzene rings is 3. The van der Waals surface area contributed by atoms with Crippen LogP contribution in [0.5, 0.6) is 0 Å². The Balaban J connectivity index is 1.70. The molecule has 0 amide bonds. The summed E-state index contributed by atoms with van der Waals surface area (Å²) in [6.07, 6.45) is 1.09. The van der Waals surface area contributed by atoms with Gasteiger partial charge in [0.2, 0.25) is 10.0 Å². The number of aryl methyl sites for hydroxylation is 1. The van der Waals surface area contributed by atoms with E-state index in [9.17, 15) is 8.42 Å². The Labute approximate surface area is 177 Å². The third-order valence-electron chi connectivity index (χ3n) is 5.29. The molecule has 150 valence electrons. The minimum absolute atomic E-state index is 0.317. The Morgan fingerprint density at radius 2 is 1.59 bits per heavy atom. The number of hydrogen-bond acceptors (Lipinski definition) is 3. The molecule has 0 spiro atoms. The molecule has 0 bridgehead atoms. The minimum atomic E-state index is -3.63. The molecule has 0 fully saturated rings. The predicted molar refractivity (Wildman–Crippen MR) is 118 cm³/mol. The molecule has 1 unspecified atom stereocenters. The average Bonchev–Trinajstić information content (AvgIpc) is 2.74. The Kier molecular flexibility index (Phi) is 5.63. The van der Waals surface area contributed by atoms with Crippen LogP contribution in [-0.4, -0.2) is 19.3 Å². The summed E-state index contributed by atoms with van der Waals surface area (Å²) < 4.78 is 28.5. The van der Waals surface area contributed by atoms with Crippen molar-refractivity contribution in [1.29, 1.82) is 0 Å². The van der Waals surface area contributed by atoms with Gasteiger partial charge in [-0.1, -0.05) is 67.1 Å². The first-order valence-electron chi connectivity index (χ1n) is 9.70. The van der Waals surface area contributed by atoms with Crippen LogP contribution in [0.2, 0.25) is 5.02 Å². The Bertz CT molecular complexity index is 1100. The zero-order chi connectivity index (χ0) is 20.4. The van der Waals surface area contributed by atoms with E-state index in [1.807, 2.05) is 48.5 Å². The molecule has 0 aromatic heterocycles. The quantitative estimate of drug-likeness (QED) is 0.605. The topological polar surface area (TPSA) is 49.4 Å². The first-order chi connectivity index (χ1) is 14.0. The highest BCUT2D eigenvalue weighted by atomic mass is 35.5. The number of rotatable bonds is 5. The van der Waals surface area contributed by atoms with Gasteiger partial charge < -0.3 is 5.32 Å². The van der Waals surface area contributed by atoms with Crippen LogP contribution in [0.15, 0.2) is 77.7 Å². The number of nitrogens with zero attached hydrogens (tertiary/aromatic N) is 1. The van der Waals surface area contributed by atoms with Crippen LogP contribution in [0.25, 0.3) is 0 Å². The number of halogens is 1. The van der Waals surface area contributed by atoms with Crippen molar-refractivity contribution in [2.45, 2.75) is 30.8 Å². The van der Waals surface area contributed by atoms with Gasteiger partial charge in [-0.2, -0.15) is 4.31 Å². The lowest BCUT2D eigenvalue weighted by molar-refractivity contribution is 0.345. The van der Waals surface area contributed by atoms with Crippen LogP contribution in [0.3, 0.4) is 0 Å². The smallest absolute Gasteiger partial charge is 0.247 e. The maximum atomic E-state index is 13.5. The lowest BCUT2D eigenvalue weighted by Crippen LogP contribution is -2.43. The number of anilines is 1. The van der Waals surface area contributed by atoms with Crippen molar-refractivity contribution in [3.05, 3.63) is 94.5 Å². The fraction of sp³-hybridized carbons (Fsp3) is 0.217. The van der Waals surface area contributed by atoms with Gasteiger partial charge in [0.1, 0.15) is 11.1 Å². The number of sulfonamides is 1. The highest BCUT2D eigenvalue weighted by Crippen LogP contribution is 2.38. The molecule has 3 aromatic carbocycles. The van der Waals surface area contributed by atoms with Crippen molar-refractivity contribution in [1.82, 2.24) is 4.31 Å². The number of fused-ring (bicyclic) bond motifs is 1. The molecule has 0 saturated heterocycles. The van der Waals surface area contributed by atoms with E-state index in [0.29, 0.717) is 28.6 Å². The Morgan fingerprint density at radius 3 is 2.28 bits per heavy atom. The molecular weight excluding hydrogens is 404 g/mol. The second-order valence-corrected chi connectivity index (χ2v) is 9.43. The Morgan fingerprint density at radius 1 is 0.931 bits per heavy atom. The van der Waals surface area contributed by atoms with Crippen LogP contribution in [-0.2, 0) is 22.9 Å². The zero-order valence-corrected chi connectivity index (χ0v) is 17.7. The van der Waals surface area contributed by atoms with E-state index in [1.54, 1.807) is 16.4 Å². The van der Waals surface area contributed by atoms with Gasteiger partial charge in [-0.25, -0.2) is 8.42 Å². The van der Waals surface area contributed by atoms with Gasteiger partial charge >= 0.3 is 0 Å². The zero-order valence-electron chi connectivity index (χ0n) is 16.2. The molecule has 29 heavy (non-hydrogen) atoms. The molecule has 1 heterocycles. The van der Waals surface area contributed by atoms with Crippen molar-refractivity contribution < 1.29 is 8.42 Å². The normalized spacial score (nSPS) is 18.1. The predicted octanol–water partition coefficient (Wildman–Crippen LogP) is 5.26. The highest BCUT2D eigenvalue weighted by molar-refractivity contribution is 7.89. The third-order valence-corrected chi connectivity index (χ3v) is 7.47. The monoisotopic (exact) mass is 426 g/mol. The molecule has 1 N–H and O–H groups in total. The lowest BCUT2D eigenvalue weighted by Gasteiger charge is -2.37. The lowest BCUT2D eigenvalue weighted by atomic mass is 10.1. The molecule has 1 aliphatic rings. The average molecular weight is 427 g/mol. The van der Waals surface area contributed by atoms with Gasteiger partial charge in [0.25, 0.3) is 0 Å². The fourth-order valence-corrected chi connectivity index (χ4v) is 5.44. The first-order valence-corrected chi connectivity index (χ1v) is 11.5. The molecule has 0 radical (unpaired) electrons. The molecule has 4 nitrogen and oxygen atoms in total. The SMILES string of the molecule is CCc1ccc(C2Nc3ccccc3S(=O)(=O)N2CCc2ccc(Cl)cc2)cc1. The standard InChI is InChI=1S/C23H23ClN2O2S/c1-2-17-7-11-19(12-8-17)23-25-21-5-3-4-6-22(21)29(27,28)26(23)16-15-18-9-13-20(24)14-10-18/h3-14,23,25H,2,15-16H2,1H3. The van der Waals surface area contributed by atoms with Crippen molar-refractivity contribution in [2.24, 2.45) is 0 Å². The van der Waals surface area contributed by atoms with Gasteiger partial charge in [-0.15, -0.1) is 0 Å². The third kappa shape index (κ3) is 4.04. The van der Waals surface area contributed by atoms with Gasteiger partial charge in [0.15, 0.2) is 0 Å². The molecule has 1 aliphatic heterocycles. The Hall–Kier alpha value is -2.34. The van der Waals surface area contributed by atoms with E-state index in [0.717, 1.165) is 17.5 Å². The summed E-state index contributed by atoms with van der Waals surface area (Å²) in [5.41, 5.74) is 3.83. The molecule has 0 saturated carbocycles. The van der Waals surface area contributed by atoms with Gasteiger partial charge in [-0.3, -0.25) is 0 Å². The van der Waals surface area contributed by atoms with E-state index in [2.05, 4.69) is 24.4 Å². The molecule has 6 heteroatoms. The van der Waals surface area contributed by atoms with Crippen LogP contribution in [0.1, 0.15) is 29.8 Å². The van der Waals surface area contributed by atoms with Crippen molar-refractivity contribution in [3.8, 4) is 0 Å². The van der Waals surface area contributed by atoms with Crippen LogP contribution >= 0.6 is 11.6 Å². The van der Waals surface area contributed by atoms with E-state index in [1.165, 1.54) is 5.56 Å². The van der Waals surface area contributed by atoms with E-state index in [4.69, 9.17) is 11.6 Å². The summed E-state index contributed by atoms with van der Waals surface area (Å²) >= 11 is 5.97. The number of para-hydroxylation sites is 1. The maximum absolute atomic E-state index is 13.5. The molecule has 0 aliphatic carbocycles. The van der Waals surface area contributed by atoms with E-state index in [-0.39, 0.29) is 0 Å². The second-order valence-electron chi connectivity index (χ2n) is 7.13. The van der Waals surface area contributed by atoms with Crippen LogP contribution in [0.4, 0.5) is 5.69 Å². The first kappa shape index (κ1) is 20.0. The molecular formula is C23H23ClN2O2S. The molecule has 1 atom stereocenters. The second kappa shape index (κ2) is 8.19. The van der Waals surface area contributed by atoms with Crippen molar-refractivity contribution in [3.63, 3.8) is 0 Å². The minimum Gasteiger partial charge on any atom is -0.364 e. The van der Waals surface area contributed by atoms with Crippen molar-refractivity contribution >= 4 is 27.3 Å². The maximum Gasteiger partial charge on any atom is 0.247 e. The van der Waals surface area contributed by atoms with Gasteiger partial charge in [0, 0.05) is 11.6 Å². The molecule has 3 aromatic rings. The van der Waals surface area contributed by atoms with E-state index >= 15 is 0 Å². The van der Waals surface area contributed by atoms with Crippen LogP contribution < -0.4 is 5.32 Å². The van der Waals surface area contributed by atoms with Gasteiger partial charge in [-0.05, 0) is 53.8 Å². The van der Waals surface area contributed by atoms with E-state index < -0.39 is 16.2 Å². The fourth-order valence-electron chi connectivity index (χ4n) is 3.62. The molecule has 4 rings (SSSR count). The van der Waals surface area contributed by atoms with Crippen LogP contribution in [0, 0.1) is 0 Å². The summed E-state index contributed by atoms with van der Waals surface area (Å²) in [7, 11) is -3.63. The summed E-state index contributed by atoms with van der Waals surface area (Å²) in [6, 6.07) is 22.7.